The highest BCUT2D eigenvalue weighted by molar-refractivity contribution is 5.78. The van der Waals surface area contributed by atoms with Crippen LogP contribution in [-0.2, 0) is 4.79 Å². The van der Waals surface area contributed by atoms with Crippen LogP contribution in [0.25, 0.3) is 0 Å². The number of carbonyl (C=O) groups is 1. The summed E-state index contributed by atoms with van der Waals surface area (Å²) in [6.45, 7) is 6.62. The number of hydrogen-bond donors (Lipinski definition) is 1. The van der Waals surface area contributed by atoms with Crippen molar-refractivity contribution in [3.63, 3.8) is 0 Å². The Morgan fingerprint density at radius 2 is 2.08 bits per heavy atom. The highest BCUT2D eigenvalue weighted by Crippen LogP contribution is 2.20. The van der Waals surface area contributed by atoms with Crippen molar-refractivity contribution in [2.45, 2.75) is 33.6 Å². The van der Waals surface area contributed by atoms with Crippen molar-refractivity contribution < 1.29 is 4.79 Å². The first-order chi connectivity index (χ1) is 6.02. The third-order valence-corrected chi connectivity index (χ3v) is 1.90. The Balaban J connectivity index is 3.72. The summed E-state index contributed by atoms with van der Waals surface area (Å²) in [6.07, 6.45) is 2.15. The first kappa shape index (κ1) is 12.1. The van der Waals surface area contributed by atoms with Gasteiger partial charge in [-0.15, -0.1) is 0 Å². The number of nitroso groups, excluding NO2 is 1. The third-order valence-electron chi connectivity index (χ3n) is 1.90. The molecule has 0 fully saturated rings. The lowest BCUT2D eigenvalue weighted by atomic mass is 9.88. The molecular formula is C9H18N2O2. The van der Waals surface area contributed by atoms with E-state index in [0.717, 1.165) is 12.8 Å². The fourth-order valence-corrected chi connectivity index (χ4v) is 1.22. The second-order valence-electron chi connectivity index (χ2n) is 3.98. The predicted octanol–water partition coefficient (Wildman–Crippen LogP) is 1.70. The van der Waals surface area contributed by atoms with E-state index in [1.165, 1.54) is 0 Å². The molecule has 0 saturated heterocycles. The average Bonchev–Trinajstić information content (AvgIpc) is 2.02. The highest BCUT2D eigenvalue weighted by Gasteiger charge is 2.17. The van der Waals surface area contributed by atoms with Crippen molar-refractivity contribution in [3.8, 4) is 0 Å². The van der Waals surface area contributed by atoms with E-state index in [2.05, 4.69) is 31.3 Å². The van der Waals surface area contributed by atoms with Crippen molar-refractivity contribution in [1.29, 1.82) is 0 Å². The van der Waals surface area contributed by atoms with Crippen LogP contribution in [0, 0.1) is 10.3 Å². The Morgan fingerprint density at radius 1 is 1.46 bits per heavy atom. The first-order valence-electron chi connectivity index (χ1n) is 4.57. The van der Waals surface area contributed by atoms with E-state index in [9.17, 15) is 9.70 Å². The Labute approximate surface area is 79.1 Å². The molecule has 0 heterocycles. The lowest BCUT2D eigenvalue weighted by Crippen LogP contribution is -2.35. The Kier molecular flexibility index (Phi) is 5.26. The maximum absolute atomic E-state index is 10.9. The number of carbonyl (C=O) groups excluding carboxylic acids is 1. The number of hydrogen-bond acceptors (Lipinski definition) is 3. The van der Waals surface area contributed by atoms with E-state index in [4.69, 9.17) is 0 Å². The molecule has 0 aromatic carbocycles. The lowest BCUT2D eigenvalue weighted by molar-refractivity contribution is -0.120. The van der Waals surface area contributed by atoms with Crippen LogP contribution >= 0.6 is 0 Å². The van der Waals surface area contributed by atoms with Gasteiger partial charge < -0.3 is 5.32 Å². The zero-order valence-corrected chi connectivity index (χ0v) is 8.59. The normalized spacial score (nSPS) is 11.0. The van der Waals surface area contributed by atoms with Crippen molar-refractivity contribution in [1.82, 2.24) is 5.32 Å². The molecule has 1 amide bonds. The summed E-state index contributed by atoms with van der Waals surface area (Å²) in [4.78, 5) is 20.6. The molecule has 0 unspecified atom stereocenters. The molecule has 13 heavy (non-hydrogen) atoms. The quantitative estimate of drug-likeness (QED) is 0.642. The molecule has 0 atom stereocenters. The maximum Gasteiger partial charge on any atom is 0.245 e. The minimum Gasteiger partial charge on any atom is -0.354 e. The van der Waals surface area contributed by atoms with Crippen LogP contribution in [0.5, 0.6) is 0 Å². The van der Waals surface area contributed by atoms with Gasteiger partial charge in [-0.3, -0.25) is 4.79 Å². The van der Waals surface area contributed by atoms with Crippen LogP contribution < -0.4 is 5.32 Å². The highest BCUT2D eigenvalue weighted by atomic mass is 16.3. The lowest BCUT2D eigenvalue weighted by Gasteiger charge is -2.23. The standard InChI is InChI=1S/C9H18N2O2/c1-4-5-9(2,3)7-10-8(12)6-11-13/h4-7H2,1-3H3,(H,10,12). The van der Waals surface area contributed by atoms with Gasteiger partial charge in [0.1, 0.15) is 0 Å². The zero-order chi connectivity index (χ0) is 10.3. The second kappa shape index (κ2) is 5.67. The van der Waals surface area contributed by atoms with Crippen molar-refractivity contribution in [2.24, 2.45) is 10.6 Å². The minimum atomic E-state index is -0.292. The summed E-state index contributed by atoms with van der Waals surface area (Å²) < 4.78 is 0. The second-order valence-corrected chi connectivity index (χ2v) is 3.98. The van der Waals surface area contributed by atoms with E-state index >= 15 is 0 Å². The van der Waals surface area contributed by atoms with Crippen LogP contribution in [-0.4, -0.2) is 19.0 Å². The molecule has 0 saturated carbocycles. The van der Waals surface area contributed by atoms with Crippen LogP contribution in [0.4, 0.5) is 0 Å². The maximum atomic E-state index is 10.9. The Hall–Kier alpha value is -0.930. The fraction of sp³-hybridized carbons (Fsp3) is 0.889. The van der Waals surface area contributed by atoms with Gasteiger partial charge in [-0.25, -0.2) is 0 Å². The van der Waals surface area contributed by atoms with E-state index in [-0.39, 0.29) is 17.9 Å². The Bertz CT molecular complexity index is 178. The molecule has 0 bridgehead atoms. The summed E-state index contributed by atoms with van der Waals surface area (Å²) in [5.41, 5.74) is 0.104. The molecule has 76 valence electrons. The summed E-state index contributed by atoms with van der Waals surface area (Å²) in [7, 11) is 0. The molecule has 4 nitrogen and oxygen atoms in total. The van der Waals surface area contributed by atoms with Gasteiger partial charge in [0.05, 0.1) is 0 Å². The van der Waals surface area contributed by atoms with Crippen LogP contribution in [0.2, 0.25) is 0 Å². The summed E-state index contributed by atoms with van der Waals surface area (Å²) in [5, 5.41) is 5.20. The zero-order valence-electron chi connectivity index (χ0n) is 8.59. The molecule has 0 spiro atoms. The topological polar surface area (TPSA) is 58.5 Å². The Morgan fingerprint density at radius 3 is 2.54 bits per heavy atom. The van der Waals surface area contributed by atoms with Gasteiger partial charge in [0, 0.05) is 6.54 Å². The predicted molar refractivity (Wildman–Crippen MR) is 52.4 cm³/mol. The number of amides is 1. The molecule has 0 aliphatic rings. The molecule has 0 aromatic heterocycles. The first-order valence-corrected chi connectivity index (χ1v) is 4.57. The smallest absolute Gasteiger partial charge is 0.245 e. The SMILES string of the molecule is CCCC(C)(C)CNC(=O)CN=O. The van der Waals surface area contributed by atoms with E-state index in [1.54, 1.807) is 0 Å². The monoisotopic (exact) mass is 186 g/mol. The van der Waals surface area contributed by atoms with Crippen molar-refractivity contribution >= 4 is 5.91 Å². The molecule has 4 heteroatoms. The summed E-state index contributed by atoms with van der Waals surface area (Å²) in [6, 6.07) is 0. The van der Waals surface area contributed by atoms with Gasteiger partial charge in [-0.05, 0) is 11.8 Å². The summed E-state index contributed by atoms with van der Waals surface area (Å²) >= 11 is 0. The van der Waals surface area contributed by atoms with Gasteiger partial charge in [0.25, 0.3) is 0 Å². The molecular weight excluding hydrogens is 168 g/mol. The van der Waals surface area contributed by atoms with Gasteiger partial charge >= 0.3 is 0 Å². The molecule has 0 radical (unpaired) electrons. The minimum absolute atomic E-state index is 0.104. The van der Waals surface area contributed by atoms with Crippen molar-refractivity contribution in [2.75, 3.05) is 13.1 Å². The summed E-state index contributed by atoms with van der Waals surface area (Å²) in [5.74, 6) is -0.292. The van der Waals surface area contributed by atoms with Crippen molar-refractivity contribution in [3.05, 3.63) is 4.91 Å². The van der Waals surface area contributed by atoms with Gasteiger partial charge in [-0.1, -0.05) is 32.4 Å². The number of rotatable bonds is 6. The molecule has 0 aliphatic heterocycles. The van der Waals surface area contributed by atoms with E-state index in [1.807, 2.05) is 0 Å². The van der Waals surface area contributed by atoms with Crippen LogP contribution in [0.15, 0.2) is 5.18 Å². The van der Waals surface area contributed by atoms with Gasteiger partial charge in [-0.2, -0.15) is 4.91 Å². The average molecular weight is 186 g/mol. The van der Waals surface area contributed by atoms with E-state index in [0.29, 0.717) is 6.54 Å². The van der Waals surface area contributed by atoms with Crippen LogP contribution in [0.3, 0.4) is 0 Å². The largest absolute Gasteiger partial charge is 0.354 e. The molecule has 0 rings (SSSR count). The third kappa shape index (κ3) is 6.25. The number of nitrogens with zero attached hydrogens (tertiary/aromatic N) is 1. The number of nitrogens with one attached hydrogen (secondary N) is 1. The van der Waals surface area contributed by atoms with Gasteiger partial charge in [0.15, 0.2) is 6.54 Å². The van der Waals surface area contributed by atoms with Crippen LogP contribution in [0.1, 0.15) is 33.6 Å². The molecule has 1 N–H and O–H groups in total. The fourth-order valence-electron chi connectivity index (χ4n) is 1.22. The van der Waals surface area contributed by atoms with Gasteiger partial charge in [0.2, 0.25) is 5.91 Å². The molecule has 0 aliphatic carbocycles. The molecule has 0 aromatic rings. The van der Waals surface area contributed by atoms with E-state index < -0.39 is 0 Å².